The van der Waals surface area contributed by atoms with Gasteiger partial charge in [-0.1, -0.05) is 6.92 Å². The fourth-order valence-electron chi connectivity index (χ4n) is 1.60. The van der Waals surface area contributed by atoms with Crippen molar-refractivity contribution in [2.24, 2.45) is 5.92 Å². The summed E-state index contributed by atoms with van der Waals surface area (Å²) < 4.78 is 19.3. The lowest BCUT2D eigenvalue weighted by molar-refractivity contribution is -0.141. The molecule has 0 amide bonds. The van der Waals surface area contributed by atoms with Crippen LogP contribution in [0.1, 0.15) is 18.1 Å². The van der Waals surface area contributed by atoms with Crippen molar-refractivity contribution in [3.8, 4) is 5.75 Å². The number of ether oxygens (including phenoxy) is 1. The van der Waals surface area contributed by atoms with Crippen molar-refractivity contribution in [1.29, 1.82) is 0 Å². The average molecular weight is 305 g/mol. The van der Waals surface area contributed by atoms with Crippen molar-refractivity contribution in [1.82, 2.24) is 0 Å². The Morgan fingerprint density at radius 1 is 1.65 bits per heavy atom. The van der Waals surface area contributed by atoms with Crippen LogP contribution in [0.4, 0.5) is 4.39 Å². The number of hydrogen-bond donors (Lipinski definition) is 1. The molecule has 5 heteroatoms. The van der Waals surface area contributed by atoms with Gasteiger partial charge in [-0.15, -0.1) is 0 Å². The predicted molar refractivity (Wildman–Crippen MR) is 65.9 cm³/mol. The van der Waals surface area contributed by atoms with E-state index in [9.17, 15) is 9.18 Å². The molecule has 3 nitrogen and oxygen atoms in total. The molecule has 0 saturated heterocycles. The highest BCUT2D eigenvalue weighted by Crippen LogP contribution is 2.34. The maximum absolute atomic E-state index is 13.6. The molecule has 1 N–H and O–H groups in total. The van der Waals surface area contributed by atoms with Crippen LogP contribution in [0.3, 0.4) is 0 Å². The van der Waals surface area contributed by atoms with Gasteiger partial charge < -0.3 is 9.84 Å². The van der Waals surface area contributed by atoms with Crippen LogP contribution in [0.25, 0.3) is 0 Å². The Morgan fingerprint density at radius 2 is 2.24 bits per heavy atom. The van der Waals surface area contributed by atoms with E-state index in [1.54, 1.807) is 13.8 Å². The lowest BCUT2D eigenvalue weighted by atomic mass is 9.96. The van der Waals surface area contributed by atoms with Crippen molar-refractivity contribution >= 4 is 21.9 Å². The molecular weight excluding hydrogens is 291 g/mol. The van der Waals surface area contributed by atoms with Crippen molar-refractivity contribution in [3.63, 3.8) is 0 Å². The van der Waals surface area contributed by atoms with Crippen LogP contribution in [0.15, 0.2) is 10.5 Å². The molecule has 0 aromatic heterocycles. The fraction of sp³-hybridized carbons (Fsp3) is 0.417. The molecule has 1 aromatic carbocycles. The van der Waals surface area contributed by atoms with Gasteiger partial charge in [-0.05, 0) is 40.9 Å². The van der Waals surface area contributed by atoms with Gasteiger partial charge in [0.1, 0.15) is 11.6 Å². The standard InChI is InChI=1S/C12H14BrFO3/c1-6(12(15)16)4-8-7(2)10(14)5-9(13)11(8)17-3/h5-6H,4H2,1-3H3,(H,15,16). The molecule has 0 bridgehead atoms. The first-order valence-electron chi connectivity index (χ1n) is 5.12. The van der Waals surface area contributed by atoms with Crippen molar-refractivity contribution in [2.75, 3.05) is 7.11 Å². The van der Waals surface area contributed by atoms with Gasteiger partial charge >= 0.3 is 5.97 Å². The maximum Gasteiger partial charge on any atom is 0.306 e. The van der Waals surface area contributed by atoms with Gasteiger partial charge in [0.15, 0.2) is 0 Å². The Labute approximate surface area is 108 Å². The van der Waals surface area contributed by atoms with E-state index in [-0.39, 0.29) is 12.2 Å². The van der Waals surface area contributed by atoms with E-state index in [1.165, 1.54) is 13.2 Å². The summed E-state index contributed by atoms with van der Waals surface area (Å²) in [5.41, 5.74) is 1.02. The maximum atomic E-state index is 13.6. The van der Waals surface area contributed by atoms with Crippen LogP contribution in [-0.4, -0.2) is 18.2 Å². The molecule has 0 radical (unpaired) electrons. The van der Waals surface area contributed by atoms with Gasteiger partial charge in [0.2, 0.25) is 0 Å². The molecule has 1 unspecified atom stereocenters. The predicted octanol–water partition coefficient (Wildman–Crippen LogP) is 3.17. The third kappa shape index (κ3) is 2.97. The summed E-state index contributed by atoms with van der Waals surface area (Å²) in [5, 5.41) is 8.89. The number of hydrogen-bond acceptors (Lipinski definition) is 2. The second-order valence-corrected chi connectivity index (χ2v) is 4.77. The number of halogens is 2. The van der Waals surface area contributed by atoms with E-state index in [0.29, 0.717) is 21.3 Å². The highest BCUT2D eigenvalue weighted by molar-refractivity contribution is 9.10. The largest absolute Gasteiger partial charge is 0.495 e. The number of aliphatic carboxylic acids is 1. The van der Waals surface area contributed by atoms with E-state index in [1.807, 2.05) is 0 Å². The third-order valence-electron chi connectivity index (χ3n) is 2.69. The first-order chi connectivity index (χ1) is 7.88. The fourth-order valence-corrected chi connectivity index (χ4v) is 2.21. The van der Waals surface area contributed by atoms with E-state index >= 15 is 0 Å². The van der Waals surface area contributed by atoms with Gasteiger partial charge in [-0.3, -0.25) is 4.79 Å². The smallest absolute Gasteiger partial charge is 0.306 e. The molecule has 0 spiro atoms. The lowest BCUT2D eigenvalue weighted by Crippen LogP contribution is -2.14. The molecule has 0 aliphatic rings. The molecule has 0 saturated carbocycles. The zero-order chi connectivity index (χ0) is 13.2. The molecule has 0 fully saturated rings. The lowest BCUT2D eigenvalue weighted by Gasteiger charge is -2.16. The van der Waals surface area contributed by atoms with Crippen LogP contribution in [0, 0.1) is 18.7 Å². The highest BCUT2D eigenvalue weighted by atomic mass is 79.9. The van der Waals surface area contributed by atoms with Gasteiger partial charge in [-0.25, -0.2) is 4.39 Å². The first kappa shape index (κ1) is 14.0. The minimum absolute atomic E-state index is 0.237. The van der Waals surface area contributed by atoms with Crippen molar-refractivity contribution < 1.29 is 19.0 Å². The van der Waals surface area contributed by atoms with Crippen LogP contribution in [-0.2, 0) is 11.2 Å². The third-order valence-corrected chi connectivity index (χ3v) is 3.28. The molecule has 17 heavy (non-hydrogen) atoms. The van der Waals surface area contributed by atoms with E-state index in [4.69, 9.17) is 9.84 Å². The zero-order valence-corrected chi connectivity index (χ0v) is 11.5. The molecule has 1 atom stereocenters. The molecule has 94 valence electrons. The molecule has 0 aliphatic carbocycles. The highest BCUT2D eigenvalue weighted by Gasteiger charge is 2.20. The first-order valence-corrected chi connectivity index (χ1v) is 5.92. The second-order valence-electron chi connectivity index (χ2n) is 3.92. The summed E-state index contributed by atoms with van der Waals surface area (Å²) in [4.78, 5) is 10.8. The van der Waals surface area contributed by atoms with Crippen LogP contribution in [0.2, 0.25) is 0 Å². The van der Waals surface area contributed by atoms with Gasteiger partial charge in [0.25, 0.3) is 0 Å². The topological polar surface area (TPSA) is 46.5 Å². The van der Waals surface area contributed by atoms with Crippen molar-refractivity contribution in [3.05, 3.63) is 27.5 Å². The summed E-state index contributed by atoms with van der Waals surface area (Å²) in [6.45, 7) is 3.20. The Kier molecular flexibility index (Phi) is 4.51. The molecule has 0 aliphatic heterocycles. The normalized spacial score (nSPS) is 12.3. The van der Waals surface area contributed by atoms with Crippen molar-refractivity contribution in [2.45, 2.75) is 20.3 Å². The monoisotopic (exact) mass is 304 g/mol. The molecule has 0 heterocycles. The van der Waals surface area contributed by atoms with Crippen LogP contribution in [0.5, 0.6) is 5.75 Å². The number of methoxy groups -OCH3 is 1. The van der Waals surface area contributed by atoms with E-state index < -0.39 is 11.9 Å². The summed E-state index contributed by atoms with van der Waals surface area (Å²) in [6.07, 6.45) is 0.237. The minimum Gasteiger partial charge on any atom is -0.495 e. The molecular formula is C12H14BrFO3. The Morgan fingerprint density at radius 3 is 2.71 bits per heavy atom. The van der Waals surface area contributed by atoms with Gasteiger partial charge in [0, 0.05) is 5.56 Å². The number of carbonyl (C=O) groups is 1. The van der Waals surface area contributed by atoms with Gasteiger partial charge in [0.05, 0.1) is 17.5 Å². The summed E-state index contributed by atoms with van der Waals surface area (Å²) >= 11 is 3.21. The number of carboxylic acids is 1. The number of benzene rings is 1. The average Bonchev–Trinajstić information content (AvgIpc) is 2.25. The molecule has 1 aromatic rings. The van der Waals surface area contributed by atoms with Crippen LogP contribution >= 0.6 is 15.9 Å². The summed E-state index contributed by atoms with van der Waals surface area (Å²) in [5.74, 6) is -1.37. The Bertz CT molecular complexity index is 446. The molecule has 1 rings (SSSR count). The summed E-state index contributed by atoms with van der Waals surface area (Å²) in [6, 6.07) is 1.32. The van der Waals surface area contributed by atoms with E-state index in [0.717, 1.165) is 0 Å². The number of carboxylic acid groups (broad SMARTS) is 1. The second kappa shape index (κ2) is 5.49. The quantitative estimate of drug-likeness (QED) is 0.929. The van der Waals surface area contributed by atoms with Crippen LogP contribution < -0.4 is 4.74 Å². The Hall–Kier alpha value is -1.10. The Balaban J connectivity index is 3.25. The van der Waals surface area contributed by atoms with E-state index in [2.05, 4.69) is 15.9 Å². The van der Waals surface area contributed by atoms with Gasteiger partial charge in [-0.2, -0.15) is 0 Å². The summed E-state index contributed by atoms with van der Waals surface area (Å²) in [7, 11) is 1.48. The SMILES string of the molecule is COc1c(Br)cc(F)c(C)c1CC(C)C(=O)O. The number of rotatable bonds is 4. The zero-order valence-electron chi connectivity index (χ0n) is 9.88. The minimum atomic E-state index is -0.910.